The van der Waals surface area contributed by atoms with E-state index in [-0.39, 0.29) is 0 Å². The summed E-state index contributed by atoms with van der Waals surface area (Å²) in [7, 11) is 0. The second-order valence-electron chi connectivity index (χ2n) is 6.44. The molecule has 24 heavy (non-hydrogen) atoms. The molecule has 0 fully saturated rings. The van der Waals surface area contributed by atoms with Crippen molar-refractivity contribution in [1.29, 1.82) is 5.26 Å². The molecule has 0 aliphatic carbocycles. The van der Waals surface area contributed by atoms with Crippen molar-refractivity contribution in [3.05, 3.63) is 65.2 Å². The lowest BCUT2D eigenvalue weighted by atomic mass is 9.84. The minimum absolute atomic E-state index is 0.328. The van der Waals surface area contributed by atoms with Crippen LogP contribution < -0.4 is 10.2 Å². The van der Waals surface area contributed by atoms with Gasteiger partial charge in [0.15, 0.2) is 5.72 Å². The second-order valence-corrected chi connectivity index (χ2v) is 6.44. The Hall–Kier alpha value is -2.39. The number of nitrogens with zero attached hydrogens (tertiary/aromatic N) is 1. The zero-order chi connectivity index (χ0) is 17.2. The summed E-state index contributed by atoms with van der Waals surface area (Å²) in [6.45, 7) is 4.05. The first-order valence-corrected chi connectivity index (χ1v) is 7.81. The van der Waals surface area contributed by atoms with Gasteiger partial charge in [-0.05, 0) is 43.2 Å². The van der Waals surface area contributed by atoms with Crippen LogP contribution in [0.5, 0.6) is 5.75 Å². The van der Waals surface area contributed by atoms with Gasteiger partial charge in [-0.15, -0.1) is 0 Å². The Morgan fingerprint density at radius 1 is 1.25 bits per heavy atom. The lowest BCUT2D eigenvalue weighted by molar-refractivity contribution is -0.234. The SMILES string of the molecule is CC1(C)Oc2ccc(C#N)cc2CC1(NO)OCc1ccccc1. The molecule has 0 aromatic heterocycles. The number of rotatable bonds is 4. The summed E-state index contributed by atoms with van der Waals surface area (Å²) in [5.74, 6) is 0.702. The van der Waals surface area contributed by atoms with E-state index in [1.54, 1.807) is 18.2 Å². The van der Waals surface area contributed by atoms with Crippen LogP contribution in [-0.2, 0) is 17.8 Å². The predicted molar refractivity (Wildman–Crippen MR) is 88.5 cm³/mol. The Morgan fingerprint density at radius 3 is 2.67 bits per heavy atom. The van der Waals surface area contributed by atoms with Crippen LogP contribution in [0.1, 0.15) is 30.5 Å². The average Bonchev–Trinajstić information content (AvgIpc) is 2.60. The maximum absolute atomic E-state index is 9.89. The Balaban J connectivity index is 1.91. The molecule has 1 aliphatic rings. The highest BCUT2D eigenvalue weighted by atomic mass is 16.6. The first-order chi connectivity index (χ1) is 11.5. The fraction of sp³-hybridized carbons (Fsp3) is 0.316. The third kappa shape index (κ3) is 2.87. The molecule has 0 saturated heterocycles. The summed E-state index contributed by atoms with van der Waals surface area (Å²) in [6, 6.07) is 17.1. The summed E-state index contributed by atoms with van der Waals surface area (Å²) in [4.78, 5) is 0. The highest BCUT2D eigenvalue weighted by Gasteiger charge is 2.52. The molecule has 3 rings (SSSR count). The Kier molecular flexibility index (Phi) is 4.29. The normalized spacial score (nSPS) is 21.4. The molecule has 1 aliphatic heterocycles. The minimum atomic E-state index is -1.12. The lowest BCUT2D eigenvalue weighted by Crippen LogP contribution is -2.66. The topological polar surface area (TPSA) is 74.5 Å². The van der Waals surface area contributed by atoms with Gasteiger partial charge in [0.05, 0.1) is 18.2 Å². The van der Waals surface area contributed by atoms with E-state index < -0.39 is 11.3 Å². The third-order valence-corrected chi connectivity index (χ3v) is 4.48. The van der Waals surface area contributed by atoms with Gasteiger partial charge in [-0.3, -0.25) is 0 Å². The second kappa shape index (κ2) is 6.25. The molecule has 5 heteroatoms. The molecule has 1 atom stereocenters. The molecule has 0 spiro atoms. The maximum atomic E-state index is 9.89. The van der Waals surface area contributed by atoms with E-state index >= 15 is 0 Å². The molecule has 2 aromatic rings. The van der Waals surface area contributed by atoms with Crippen LogP contribution in [0.3, 0.4) is 0 Å². The Bertz CT molecular complexity index is 768. The number of nitrogens with one attached hydrogen (secondary N) is 1. The van der Waals surface area contributed by atoms with Crippen LogP contribution in [0.2, 0.25) is 0 Å². The molecular weight excluding hydrogens is 304 g/mol. The fourth-order valence-corrected chi connectivity index (χ4v) is 2.94. The van der Waals surface area contributed by atoms with Crippen molar-refractivity contribution in [3.8, 4) is 11.8 Å². The number of ether oxygens (including phenoxy) is 2. The van der Waals surface area contributed by atoms with Gasteiger partial charge in [0.1, 0.15) is 11.4 Å². The van der Waals surface area contributed by atoms with Crippen molar-refractivity contribution in [3.63, 3.8) is 0 Å². The van der Waals surface area contributed by atoms with Gasteiger partial charge < -0.3 is 14.7 Å². The van der Waals surface area contributed by atoms with Crippen molar-refractivity contribution in [2.45, 2.75) is 38.2 Å². The average molecular weight is 324 g/mol. The van der Waals surface area contributed by atoms with Crippen molar-refractivity contribution in [2.75, 3.05) is 0 Å². The first-order valence-electron chi connectivity index (χ1n) is 7.81. The zero-order valence-corrected chi connectivity index (χ0v) is 13.7. The molecule has 0 saturated carbocycles. The standard InChI is InChI=1S/C19H20N2O3/c1-18(2)19(21-22,23-13-14-6-4-3-5-7-14)11-16-10-15(12-20)8-9-17(16)24-18/h3-10,21-22H,11,13H2,1-2H3. The predicted octanol–water partition coefficient (Wildman–Crippen LogP) is 3.16. The van der Waals surface area contributed by atoms with Gasteiger partial charge in [0.2, 0.25) is 0 Å². The van der Waals surface area contributed by atoms with E-state index in [4.69, 9.17) is 14.7 Å². The van der Waals surface area contributed by atoms with E-state index in [2.05, 4.69) is 11.5 Å². The van der Waals surface area contributed by atoms with Gasteiger partial charge in [0.25, 0.3) is 0 Å². The van der Waals surface area contributed by atoms with Crippen molar-refractivity contribution in [2.24, 2.45) is 0 Å². The third-order valence-electron chi connectivity index (χ3n) is 4.48. The first kappa shape index (κ1) is 16.5. The smallest absolute Gasteiger partial charge is 0.184 e. The summed E-state index contributed by atoms with van der Waals surface area (Å²) in [5, 5.41) is 19.0. The van der Waals surface area contributed by atoms with Crippen LogP contribution >= 0.6 is 0 Å². The van der Waals surface area contributed by atoms with Crippen LogP contribution in [0.25, 0.3) is 0 Å². The number of nitriles is 1. The number of fused-ring (bicyclic) bond motifs is 1. The van der Waals surface area contributed by atoms with Crippen molar-refractivity contribution >= 4 is 0 Å². The molecule has 5 nitrogen and oxygen atoms in total. The monoisotopic (exact) mass is 324 g/mol. The van der Waals surface area contributed by atoms with E-state index in [0.717, 1.165) is 11.1 Å². The molecule has 2 aromatic carbocycles. The number of hydroxylamine groups is 1. The van der Waals surface area contributed by atoms with Crippen molar-refractivity contribution in [1.82, 2.24) is 5.48 Å². The van der Waals surface area contributed by atoms with Crippen LogP contribution in [-0.4, -0.2) is 16.5 Å². The van der Waals surface area contributed by atoms with E-state index in [9.17, 15) is 5.21 Å². The molecule has 0 amide bonds. The maximum Gasteiger partial charge on any atom is 0.184 e. The molecule has 2 N–H and O–H groups in total. The van der Waals surface area contributed by atoms with E-state index in [0.29, 0.717) is 24.3 Å². The van der Waals surface area contributed by atoms with E-state index in [1.807, 2.05) is 44.2 Å². The summed E-state index contributed by atoms with van der Waals surface area (Å²) < 4.78 is 12.1. The number of hydrogen-bond acceptors (Lipinski definition) is 5. The molecule has 1 unspecified atom stereocenters. The van der Waals surface area contributed by atoms with Gasteiger partial charge >= 0.3 is 0 Å². The van der Waals surface area contributed by atoms with Gasteiger partial charge in [-0.1, -0.05) is 30.3 Å². The lowest BCUT2D eigenvalue weighted by Gasteiger charge is -2.48. The van der Waals surface area contributed by atoms with Gasteiger partial charge in [0, 0.05) is 6.42 Å². The largest absolute Gasteiger partial charge is 0.483 e. The molecule has 124 valence electrons. The molecule has 1 heterocycles. The molecule has 0 bridgehead atoms. The van der Waals surface area contributed by atoms with Gasteiger partial charge in [-0.25, -0.2) is 0 Å². The summed E-state index contributed by atoms with van der Waals surface area (Å²) in [6.07, 6.45) is 0.383. The van der Waals surface area contributed by atoms with Crippen molar-refractivity contribution < 1.29 is 14.7 Å². The quantitative estimate of drug-likeness (QED) is 0.667. The van der Waals surface area contributed by atoms with Crippen LogP contribution in [0.4, 0.5) is 0 Å². The highest BCUT2D eigenvalue weighted by molar-refractivity contribution is 5.45. The molecular formula is C19H20N2O3. The zero-order valence-electron chi connectivity index (χ0n) is 13.7. The highest BCUT2D eigenvalue weighted by Crippen LogP contribution is 2.41. The van der Waals surface area contributed by atoms with Gasteiger partial charge in [-0.2, -0.15) is 10.7 Å². The fourth-order valence-electron chi connectivity index (χ4n) is 2.94. The number of hydrogen-bond donors (Lipinski definition) is 2. The van der Waals surface area contributed by atoms with Crippen LogP contribution in [0.15, 0.2) is 48.5 Å². The molecule has 0 radical (unpaired) electrons. The Labute approximate surface area is 141 Å². The Morgan fingerprint density at radius 2 is 2.00 bits per heavy atom. The minimum Gasteiger partial charge on any atom is -0.483 e. The number of benzene rings is 2. The summed E-state index contributed by atoms with van der Waals surface area (Å²) in [5.41, 5.74) is 2.77. The van der Waals surface area contributed by atoms with Crippen LogP contribution in [0, 0.1) is 11.3 Å². The van der Waals surface area contributed by atoms with E-state index in [1.165, 1.54) is 0 Å². The summed E-state index contributed by atoms with van der Waals surface area (Å²) >= 11 is 0.